The van der Waals surface area contributed by atoms with Crippen molar-refractivity contribution in [3.63, 3.8) is 0 Å². The van der Waals surface area contributed by atoms with Gasteiger partial charge in [-0.1, -0.05) is 12.1 Å². The van der Waals surface area contributed by atoms with Crippen molar-refractivity contribution in [1.82, 2.24) is 14.9 Å². The lowest BCUT2D eigenvalue weighted by Crippen LogP contribution is -2.32. The van der Waals surface area contributed by atoms with Gasteiger partial charge in [0.05, 0.1) is 10.9 Å². The smallest absolute Gasteiger partial charge is 0.261 e. The fraction of sp³-hybridized carbons (Fsp3) is 0.467. The van der Waals surface area contributed by atoms with Crippen LogP contribution in [-0.2, 0) is 6.54 Å². The van der Waals surface area contributed by atoms with Crippen molar-refractivity contribution in [2.24, 2.45) is 0 Å². The minimum atomic E-state index is 0.0987. The molecule has 1 saturated heterocycles. The lowest BCUT2D eigenvalue weighted by atomic mass is 9.96. The predicted octanol–water partition coefficient (Wildman–Crippen LogP) is 1.88. The first-order valence-electron chi connectivity index (χ1n) is 7.01. The molecule has 4 heteroatoms. The molecular weight excluding hydrogens is 238 g/mol. The van der Waals surface area contributed by atoms with Crippen molar-refractivity contribution in [2.45, 2.75) is 32.2 Å². The molecule has 2 heterocycles. The summed E-state index contributed by atoms with van der Waals surface area (Å²) in [5, 5.41) is 4.08. The Labute approximate surface area is 112 Å². The van der Waals surface area contributed by atoms with E-state index in [2.05, 4.69) is 5.32 Å². The number of hydrogen-bond donors (Lipinski definition) is 1. The number of rotatable bonds is 2. The van der Waals surface area contributed by atoms with E-state index in [4.69, 9.17) is 4.98 Å². The second kappa shape index (κ2) is 5.13. The molecule has 1 fully saturated rings. The van der Waals surface area contributed by atoms with E-state index in [1.54, 1.807) is 0 Å². The molecule has 0 bridgehead atoms. The number of nitrogens with zero attached hydrogens (tertiary/aromatic N) is 2. The Hall–Kier alpha value is -1.68. The van der Waals surface area contributed by atoms with E-state index in [9.17, 15) is 4.79 Å². The third-order valence-electron chi connectivity index (χ3n) is 3.91. The molecule has 0 aliphatic carbocycles. The highest BCUT2D eigenvalue weighted by Crippen LogP contribution is 2.24. The highest BCUT2D eigenvalue weighted by molar-refractivity contribution is 5.77. The van der Waals surface area contributed by atoms with Crippen LogP contribution in [0.1, 0.15) is 31.5 Å². The Morgan fingerprint density at radius 2 is 2.05 bits per heavy atom. The molecule has 2 aromatic rings. The number of para-hydroxylation sites is 1. The normalized spacial score (nSPS) is 16.9. The average Bonchev–Trinajstić information content (AvgIpc) is 2.48. The molecular formula is C15H19N3O. The summed E-state index contributed by atoms with van der Waals surface area (Å²) in [6, 6.07) is 7.64. The number of fused-ring (bicyclic) bond motifs is 1. The van der Waals surface area contributed by atoms with Gasteiger partial charge in [0.15, 0.2) is 0 Å². The first kappa shape index (κ1) is 12.4. The summed E-state index contributed by atoms with van der Waals surface area (Å²) in [6.45, 7) is 4.73. The van der Waals surface area contributed by atoms with Gasteiger partial charge in [-0.25, -0.2) is 4.98 Å². The average molecular weight is 257 g/mol. The summed E-state index contributed by atoms with van der Waals surface area (Å²) in [4.78, 5) is 17.3. The van der Waals surface area contributed by atoms with Crippen LogP contribution >= 0.6 is 0 Å². The summed E-state index contributed by atoms with van der Waals surface area (Å²) in [7, 11) is 0. The lowest BCUT2D eigenvalue weighted by molar-refractivity contribution is 0.426. The molecule has 1 aliphatic heterocycles. The number of piperidine rings is 1. The van der Waals surface area contributed by atoms with Gasteiger partial charge < -0.3 is 5.32 Å². The minimum absolute atomic E-state index is 0.0987. The number of nitrogens with one attached hydrogen (secondary N) is 1. The maximum Gasteiger partial charge on any atom is 0.261 e. The van der Waals surface area contributed by atoms with Crippen molar-refractivity contribution in [1.29, 1.82) is 0 Å². The van der Waals surface area contributed by atoms with Crippen LogP contribution in [0.15, 0.2) is 29.1 Å². The van der Waals surface area contributed by atoms with Gasteiger partial charge in [-0.2, -0.15) is 0 Å². The maximum atomic E-state index is 12.5. The zero-order valence-corrected chi connectivity index (χ0v) is 11.2. The van der Waals surface area contributed by atoms with E-state index < -0.39 is 0 Å². The summed E-state index contributed by atoms with van der Waals surface area (Å²) >= 11 is 0. The Kier molecular flexibility index (Phi) is 3.34. The van der Waals surface area contributed by atoms with Crippen LogP contribution in [-0.4, -0.2) is 22.6 Å². The quantitative estimate of drug-likeness (QED) is 0.893. The van der Waals surface area contributed by atoms with Crippen LogP contribution in [0.25, 0.3) is 10.9 Å². The molecule has 0 spiro atoms. The molecule has 0 radical (unpaired) electrons. The summed E-state index contributed by atoms with van der Waals surface area (Å²) in [5.41, 5.74) is 0.923. The zero-order chi connectivity index (χ0) is 13.2. The lowest BCUT2D eigenvalue weighted by Gasteiger charge is -2.24. The van der Waals surface area contributed by atoms with E-state index in [0.29, 0.717) is 12.5 Å². The van der Waals surface area contributed by atoms with Crippen LogP contribution in [0.2, 0.25) is 0 Å². The number of benzene rings is 1. The summed E-state index contributed by atoms with van der Waals surface area (Å²) in [6.07, 6.45) is 2.12. The highest BCUT2D eigenvalue weighted by Gasteiger charge is 2.21. The van der Waals surface area contributed by atoms with Crippen molar-refractivity contribution in [3.05, 3.63) is 40.4 Å². The third-order valence-corrected chi connectivity index (χ3v) is 3.91. The third kappa shape index (κ3) is 2.16. The molecule has 1 aliphatic rings. The number of aromatic nitrogens is 2. The van der Waals surface area contributed by atoms with Gasteiger partial charge in [0.25, 0.3) is 5.56 Å². The van der Waals surface area contributed by atoms with Crippen molar-refractivity contribution >= 4 is 10.9 Å². The summed E-state index contributed by atoms with van der Waals surface area (Å²) in [5.74, 6) is 1.37. The Morgan fingerprint density at radius 3 is 2.79 bits per heavy atom. The van der Waals surface area contributed by atoms with Crippen LogP contribution in [0, 0.1) is 0 Å². The van der Waals surface area contributed by atoms with E-state index >= 15 is 0 Å². The van der Waals surface area contributed by atoms with Gasteiger partial charge in [0, 0.05) is 12.5 Å². The standard InChI is InChI=1S/C15H19N3O/c1-2-18-14(11-7-9-16-10-8-11)17-13-6-4-3-5-12(13)15(18)19/h3-6,11,16H,2,7-10H2,1H3. The Morgan fingerprint density at radius 1 is 1.32 bits per heavy atom. The first-order chi connectivity index (χ1) is 9.31. The molecule has 0 saturated carbocycles. The molecule has 1 aromatic heterocycles. The monoisotopic (exact) mass is 257 g/mol. The molecule has 1 aromatic carbocycles. The maximum absolute atomic E-state index is 12.5. The first-order valence-corrected chi connectivity index (χ1v) is 7.01. The topological polar surface area (TPSA) is 46.9 Å². The molecule has 1 N–H and O–H groups in total. The van der Waals surface area contributed by atoms with Crippen molar-refractivity contribution in [3.8, 4) is 0 Å². The second-order valence-corrected chi connectivity index (χ2v) is 5.06. The number of hydrogen-bond acceptors (Lipinski definition) is 3. The van der Waals surface area contributed by atoms with E-state index in [0.717, 1.165) is 42.7 Å². The zero-order valence-electron chi connectivity index (χ0n) is 11.2. The fourth-order valence-corrected chi connectivity index (χ4v) is 2.88. The van der Waals surface area contributed by atoms with Crippen LogP contribution in [0.4, 0.5) is 0 Å². The predicted molar refractivity (Wildman–Crippen MR) is 76.5 cm³/mol. The molecule has 3 rings (SSSR count). The van der Waals surface area contributed by atoms with E-state index in [1.165, 1.54) is 0 Å². The van der Waals surface area contributed by atoms with Crippen LogP contribution < -0.4 is 10.9 Å². The van der Waals surface area contributed by atoms with Crippen molar-refractivity contribution < 1.29 is 0 Å². The Bertz CT molecular complexity index is 641. The van der Waals surface area contributed by atoms with E-state index in [-0.39, 0.29) is 5.56 Å². The van der Waals surface area contributed by atoms with Gasteiger partial charge in [-0.05, 0) is 45.0 Å². The van der Waals surface area contributed by atoms with Gasteiger partial charge in [-0.3, -0.25) is 9.36 Å². The molecule has 0 atom stereocenters. The van der Waals surface area contributed by atoms with Crippen LogP contribution in [0.5, 0.6) is 0 Å². The molecule has 0 amide bonds. The van der Waals surface area contributed by atoms with Gasteiger partial charge in [-0.15, -0.1) is 0 Å². The fourth-order valence-electron chi connectivity index (χ4n) is 2.88. The minimum Gasteiger partial charge on any atom is -0.317 e. The van der Waals surface area contributed by atoms with E-state index in [1.807, 2.05) is 35.8 Å². The molecule has 0 unspecified atom stereocenters. The molecule has 19 heavy (non-hydrogen) atoms. The van der Waals surface area contributed by atoms with Crippen LogP contribution in [0.3, 0.4) is 0 Å². The largest absolute Gasteiger partial charge is 0.317 e. The van der Waals surface area contributed by atoms with Gasteiger partial charge in [0.2, 0.25) is 0 Å². The second-order valence-electron chi connectivity index (χ2n) is 5.06. The molecule has 4 nitrogen and oxygen atoms in total. The summed E-state index contributed by atoms with van der Waals surface area (Å²) < 4.78 is 1.85. The van der Waals surface area contributed by atoms with Gasteiger partial charge in [0.1, 0.15) is 5.82 Å². The SMILES string of the molecule is CCn1c(C2CCNCC2)nc2ccccc2c1=O. The Balaban J connectivity index is 2.19. The van der Waals surface area contributed by atoms with Crippen molar-refractivity contribution in [2.75, 3.05) is 13.1 Å². The highest BCUT2D eigenvalue weighted by atomic mass is 16.1. The van der Waals surface area contributed by atoms with Gasteiger partial charge >= 0.3 is 0 Å². The molecule has 100 valence electrons.